The van der Waals surface area contributed by atoms with E-state index in [9.17, 15) is 0 Å². The maximum atomic E-state index is 5.54. The first-order chi connectivity index (χ1) is 7.85. The Bertz CT molecular complexity index is 127. The van der Waals surface area contributed by atoms with Crippen molar-refractivity contribution < 1.29 is 4.74 Å². The largest absolute Gasteiger partial charge is 0.376 e. The normalized spacial score (nSPS) is 11.2. The Hall–Kier alpha value is -0.120. The summed E-state index contributed by atoms with van der Waals surface area (Å²) in [6.45, 7) is 4.14. The third kappa shape index (κ3) is 10.4. The number of ether oxygens (including phenoxy) is 1. The Morgan fingerprint density at radius 2 is 1.31 bits per heavy atom. The molecule has 0 aromatic carbocycles. The smallest absolute Gasteiger partial charge is 0.0819 e. The van der Waals surface area contributed by atoms with E-state index in [0.29, 0.717) is 13.1 Å². The molecule has 0 heterocycles. The summed E-state index contributed by atoms with van der Waals surface area (Å²) in [5, 5.41) is 0. The lowest BCUT2D eigenvalue weighted by Crippen LogP contribution is -2.31. The summed E-state index contributed by atoms with van der Waals surface area (Å²) in [6, 6.07) is 0. The second-order valence-electron chi connectivity index (χ2n) is 4.44. The Kier molecular flexibility index (Phi) is 12.9. The van der Waals surface area contributed by atoms with Crippen LogP contribution >= 0.6 is 0 Å². The zero-order chi connectivity index (χ0) is 12.1. The minimum absolute atomic E-state index is 0.0598. The topological polar surface area (TPSA) is 61.3 Å². The molecular weight excluding hydrogens is 200 g/mol. The predicted octanol–water partition coefficient (Wildman–Crippen LogP) is 2.43. The first-order valence-corrected chi connectivity index (χ1v) is 6.86. The molecule has 0 rings (SSSR count). The summed E-state index contributed by atoms with van der Waals surface area (Å²) < 4.78 is 5.54. The van der Waals surface area contributed by atoms with E-state index in [4.69, 9.17) is 16.2 Å². The van der Waals surface area contributed by atoms with Gasteiger partial charge in [-0.15, -0.1) is 0 Å². The maximum absolute atomic E-state index is 5.54. The van der Waals surface area contributed by atoms with Gasteiger partial charge in [0.1, 0.15) is 0 Å². The molecule has 0 amide bonds. The summed E-state index contributed by atoms with van der Waals surface area (Å²) in [4.78, 5) is 0. The van der Waals surface area contributed by atoms with Crippen molar-refractivity contribution >= 4 is 0 Å². The van der Waals surface area contributed by atoms with E-state index >= 15 is 0 Å². The summed E-state index contributed by atoms with van der Waals surface area (Å²) in [6.07, 6.45) is 10.7. The molecule has 0 aromatic rings. The summed E-state index contributed by atoms with van der Waals surface area (Å²) in [5.41, 5.74) is 11.0. The van der Waals surface area contributed by atoms with Crippen LogP contribution in [0.25, 0.3) is 0 Å². The highest BCUT2D eigenvalue weighted by molar-refractivity contribution is 4.58. The van der Waals surface area contributed by atoms with Crippen molar-refractivity contribution in [3.63, 3.8) is 0 Å². The van der Waals surface area contributed by atoms with Crippen LogP contribution in [0.3, 0.4) is 0 Å². The molecule has 0 saturated carbocycles. The van der Waals surface area contributed by atoms with Crippen LogP contribution in [-0.4, -0.2) is 25.8 Å². The van der Waals surface area contributed by atoms with Crippen LogP contribution < -0.4 is 11.5 Å². The highest BCUT2D eigenvalue weighted by Gasteiger charge is 2.02. The second kappa shape index (κ2) is 12.9. The average molecular weight is 230 g/mol. The molecule has 16 heavy (non-hydrogen) atoms. The van der Waals surface area contributed by atoms with E-state index in [1.54, 1.807) is 0 Å². The van der Waals surface area contributed by atoms with E-state index in [0.717, 1.165) is 13.0 Å². The van der Waals surface area contributed by atoms with Crippen LogP contribution in [0.5, 0.6) is 0 Å². The van der Waals surface area contributed by atoms with Crippen LogP contribution in [-0.2, 0) is 4.74 Å². The van der Waals surface area contributed by atoms with Gasteiger partial charge in [0.15, 0.2) is 0 Å². The number of unbranched alkanes of at least 4 members (excludes halogenated alkanes) is 7. The molecule has 0 aliphatic rings. The van der Waals surface area contributed by atoms with Gasteiger partial charge in [0.05, 0.1) is 6.10 Å². The van der Waals surface area contributed by atoms with Crippen molar-refractivity contribution in [2.75, 3.05) is 19.7 Å². The first-order valence-electron chi connectivity index (χ1n) is 6.86. The highest BCUT2D eigenvalue weighted by Crippen LogP contribution is 2.08. The minimum Gasteiger partial charge on any atom is -0.376 e. The Morgan fingerprint density at radius 3 is 1.81 bits per heavy atom. The zero-order valence-corrected chi connectivity index (χ0v) is 10.9. The Balaban J connectivity index is 3.03. The van der Waals surface area contributed by atoms with Crippen molar-refractivity contribution in [3.05, 3.63) is 0 Å². The molecule has 0 atom stereocenters. The lowest BCUT2D eigenvalue weighted by Gasteiger charge is -2.13. The molecule has 4 N–H and O–H groups in total. The van der Waals surface area contributed by atoms with E-state index in [-0.39, 0.29) is 6.10 Å². The fourth-order valence-corrected chi connectivity index (χ4v) is 1.72. The lowest BCUT2D eigenvalue weighted by molar-refractivity contribution is 0.0621. The van der Waals surface area contributed by atoms with Crippen LogP contribution in [0.1, 0.15) is 58.3 Å². The quantitative estimate of drug-likeness (QED) is 0.506. The molecule has 0 spiro atoms. The molecule has 0 bridgehead atoms. The summed E-state index contributed by atoms with van der Waals surface area (Å²) in [5.74, 6) is 0. The van der Waals surface area contributed by atoms with Gasteiger partial charge in [-0.1, -0.05) is 51.9 Å². The molecule has 0 fully saturated rings. The maximum Gasteiger partial charge on any atom is 0.0819 e. The molecule has 0 aliphatic carbocycles. The number of nitrogens with two attached hydrogens (primary N) is 2. The third-order valence-corrected chi connectivity index (χ3v) is 2.88. The van der Waals surface area contributed by atoms with Gasteiger partial charge in [-0.2, -0.15) is 0 Å². The SMILES string of the molecule is CCCCCCCCCCOC(CN)CN. The average Bonchev–Trinajstić information content (AvgIpc) is 2.32. The highest BCUT2D eigenvalue weighted by atomic mass is 16.5. The van der Waals surface area contributed by atoms with Crippen molar-refractivity contribution in [1.29, 1.82) is 0 Å². The molecular formula is C13H30N2O. The van der Waals surface area contributed by atoms with Crippen LogP contribution in [0, 0.1) is 0 Å². The lowest BCUT2D eigenvalue weighted by atomic mass is 10.1. The van der Waals surface area contributed by atoms with Gasteiger partial charge in [0.25, 0.3) is 0 Å². The fourth-order valence-electron chi connectivity index (χ4n) is 1.72. The zero-order valence-electron chi connectivity index (χ0n) is 10.9. The molecule has 0 saturated heterocycles. The molecule has 0 unspecified atom stereocenters. The standard InChI is InChI=1S/C13H30N2O/c1-2-3-4-5-6-7-8-9-10-16-13(11-14)12-15/h13H,2-12,14-15H2,1H3. The third-order valence-electron chi connectivity index (χ3n) is 2.88. The van der Waals surface area contributed by atoms with Gasteiger partial charge in [-0.25, -0.2) is 0 Å². The Morgan fingerprint density at radius 1 is 0.812 bits per heavy atom. The minimum atomic E-state index is 0.0598. The van der Waals surface area contributed by atoms with Crippen molar-refractivity contribution in [2.24, 2.45) is 11.5 Å². The summed E-state index contributed by atoms with van der Waals surface area (Å²) in [7, 11) is 0. The van der Waals surface area contributed by atoms with Gasteiger partial charge in [0.2, 0.25) is 0 Å². The number of rotatable bonds is 12. The van der Waals surface area contributed by atoms with Crippen molar-refractivity contribution in [3.8, 4) is 0 Å². The van der Waals surface area contributed by atoms with E-state index in [1.807, 2.05) is 0 Å². The van der Waals surface area contributed by atoms with Gasteiger partial charge in [0, 0.05) is 19.7 Å². The number of hydrogen-bond donors (Lipinski definition) is 2. The summed E-state index contributed by atoms with van der Waals surface area (Å²) >= 11 is 0. The molecule has 3 nitrogen and oxygen atoms in total. The van der Waals surface area contributed by atoms with Crippen LogP contribution in [0.2, 0.25) is 0 Å². The molecule has 0 radical (unpaired) electrons. The molecule has 0 aliphatic heterocycles. The Labute approximate surface area is 101 Å². The van der Waals surface area contributed by atoms with Crippen molar-refractivity contribution in [2.45, 2.75) is 64.4 Å². The second-order valence-corrected chi connectivity index (χ2v) is 4.44. The fraction of sp³-hybridized carbons (Fsp3) is 1.00. The van der Waals surface area contributed by atoms with Gasteiger partial charge in [-0.05, 0) is 6.42 Å². The van der Waals surface area contributed by atoms with E-state index in [1.165, 1.54) is 44.9 Å². The van der Waals surface area contributed by atoms with Crippen LogP contribution in [0.4, 0.5) is 0 Å². The van der Waals surface area contributed by atoms with E-state index in [2.05, 4.69) is 6.92 Å². The van der Waals surface area contributed by atoms with Gasteiger partial charge >= 0.3 is 0 Å². The monoisotopic (exact) mass is 230 g/mol. The molecule has 98 valence electrons. The van der Waals surface area contributed by atoms with Gasteiger partial charge in [-0.3, -0.25) is 0 Å². The van der Waals surface area contributed by atoms with Crippen LogP contribution in [0.15, 0.2) is 0 Å². The van der Waals surface area contributed by atoms with Gasteiger partial charge < -0.3 is 16.2 Å². The molecule has 0 aromatic heterocycles. The first kappa shape index (κ1) is 15.9. The molecule has 3 heteroatoms. The number of hydrogen-bond acceptors (Lipinski definition) is 3. The predicted molar refractivity (Wildman–Crippen MR) is 70.5 cm³/mol. The van der Waals surface area contributed by atoms with E-state index < -0.39 is 0 Å². The van der Waals surface area contributed by atoms with Crippen molar-refractivity contribution in [1.82, 2.24) is 0 Å².